The van der Waals surface area contributed by atoms with Crippen molar-refractivity contribution < 1.29 is 19.1 Å². The van der Waals surface area contributed by atoms with Crippen molar-refractivity contribution >= 4 is 29.1 Å². The highest BCUT2D eigenvalue weighted by molar-refractivity contribution is 6.05. The highest BCUT2D eigenvalue weighted by atomic mass is 16.5. The molecule has 0 spiro atoms. The lowest BCUT2D eigenvalue weighted by Crippen LogP contribution is -2.36. The fourth-order valence-electron chi connectivity index (χ4n) is 5.73. The first kappa shape index (κ1) is 30.6. The molecule has 1 fully saturated rings. The van der Waals surface area contributed by atoms with Gasteiger partial charge in [-0.3, -0.25) is 9.59 Å². The predicted molar refractivity (Wildman–Crippen MR) is 168 cm³/mol. The maximum Gasteiger partial charge on any atom is 0.255 e. The van der Waals surface area contributed by atoms with Crippen LogP contribution in [0.15, 0.2) is 72.4 Å². The lowest BCUT2D eigenvalue weighted by molar-refractivity contribution is -0.118. The van der Waals surface area contributed by atoms with Crippen LogP contribution in [0.1, 0.15) is 72.0 Å². The van der Waals surface area contributed by atoms with E-state index in [2.05, 4.69) is 35.2 Å². The summed E-state index contributed by atoms with van der Waals surface area (Å²) < 4.78 is 5.20. The fourth-order valence-corrected chi connectivity index (χ4v) is 5.73. The molecule has 42 heavy (non-hydrogen) atoms. The van der Waals surface area contributed by atoms with Gasteiger partial charge in [0.2, 0.25) is 5.91 Å². The number of benzene rings is 3. The van der Waals surface area contributed by atoms with E-state index in [4.69, 9.17) is 4.74 Å². The van der Waals surface area contributed by atoms with E-state index < -0.39 is 0 Å². The third kappa shape index (κ3) is 7.29. The maximum absolute atomic E-state index is 13.0. The minimum Gasteiger partial charge on any atom is -0.497 e. The number of piperidine rings is 1. The summed E-state index contributed by atoms with van der Waals surface area (Å²) in [4.78, 5) is 41.8. The van der Waals surface area contributed by atoms with Gasteiger partial charge in [0.05, 0.1) is 7.11 Å². The molecule has 220 valence electrons. The van der Waals surface area contributed by atoms with Gasteiger partial charge in [-0.15, -0.1) is 0 Å². The van der Waals surface area contributed by atoms with E-state index in [0.29, 0.717) is 42.3 Å². The van der Waals surface area contributed by atoms with Crippen molar-refractivity contribution in [2.45, 2.75) is 58.8 Å². The monoisotopic (exact) mass is 567 g/mol. The van der Waals surface area contributed by atoms with Crippen LogP contribution in [0.2, 0.25) is 0 Å². The molecule has 1 heterocycles. The molecule has 0 saturated carbocycles. The number of carbonyl (C=O) groups excluding carboxylic acids is 3. The number of para-hydroxylation sites is 1. The summed E-state index contributed by atoms with van der Waals surface area (Å²) in [6, 6.07) is 21.0. The normalized spacial score (nSPS) is 13.3. The molecule has 1 aliphatic heterocycles. The summed E-state index contributed by atoms with van der Waals surface area (Å²) in [7, 11) is 1.60. The van der Waals surface area contributed by atoms with Gasteiger partial charge in [-0.1, -0.05) is 37.3 Å². The van der Waals surface area contributed by atoms with Crippen LogP contribution in [0.4, 0.5) is 11.4 Å². The van der Waals surface area contributed by atoms with Crippen molar-refractivity contribution in [1.82, 2.24) is 4.90 Å². The number of hydrogen-bond donors (Lipinski definition) is 1. The van der Waals surface area contributed by atoms with E-state index in [9.17, 15) is 14.4 Å². The second-order valence-electron chi connectivity index (χ2n) is 10.8. The Hall–Kier alpha value is -4.35. The molecule has 3 aromatic rings. The Kier molecular flexibility index (Phi) is 10.6. The fraction of sp³-hybridized carbons (Fsp3) is 0.371. The maximum atomic E-state index is 13.0. The molecule has 0 atom stereocenters. The quantitative estimate of drug-likeness (QED) is 0.262. The highest BCUT2D eigenvalue weighted by Gasteiger charge is 2.26. The SMILES string of the molecule is CCCC(=O)N(CCC(=C=O)N1CCC(c2ccc(C)c(NC(=O)c3ccc(OC)cc3)c2C)CC1)c1ccccc1. The topological polar surface area (TPSA) is 79.0 Å². The molecule has 0 aromatic heterocycles. The number of carbonyl (C=O) groups is 2. The number of nitrogens with one attached hydrogen (secondary N) is 1. The van der Waals surface area contributed by atoms with Crippen LogP contribution in [0.3, 0.4) is 0 Å². The Bertz CT molecular complexity index is 1420. The molecule has 1 N–H and O–H groups in total. The summed E-state index contributed by atoms with van der Waals surface area (Å²) in [5, 5.41) is 3.13. The molecule has 1 saturated heterocycles. The second kappa shape index (κ2) is 14.5. The van der Waals surface area contributed by atoms with E-state index in [-0.39, 0.29) is 11.8 Å². The first-order valence-electron chi connectivity index (χ1n) is 14.8. The summed E-state index contributed by atoms with van der Waals surface area (Å²) in [6.45, 7) is 8.00. The molecule has 0 radical (unpaired) electrons. The van der Waals surface area contributed by atoms with E-state index in [0.717, 1.165) is 54.9 Å². The molecule has 0 unspecified atom stereocenters. The van der Waals surface area contributed by atoms with Gasteiger partial charge in [-0.25, -0.2) is 4.79 Å². The summed E-state index contributed by atoms with van der Waals surface area (Å²) in [5.74, 6) is 3.11. The van der Waals surface area contributed by atoms with Crippen molar-refractivity contribution in [2.24, 2.45) is 0 Å². The number of methoxy groups -OCH3 is 1. The second-order valence-corrected chi connectivity index (χ2v) is 10.8. The van der Waals surface area contributed by atoms with E-state index in [1.165, 1.54) is 5.56 Å². The predicted octanol–water partition coefficient (Wildman–Crippen LogP) is 6.68. The molecular weight excluding hydrogens is 526 g/mol. The molecule has 2 amide bonds. The Morgan fingerprint density at radius 2 is 1.67 bits per heavy atom. The van der Waals surface area contributed by atoms with Crippen molar-refractivity contribution in [1.29, 1.82) is 0 Å². The molecule has 7 heteroatoms. The summed E-state index contributed by atoms with van der Waals surface area (Å²) >= 11 is 0. The van der Waals surface area contributed by atoms with E-state index >= 15 is 0 Å². The third-order valence-corrected chi connectivity index (χ3v) is 8.15. The third-order valence-electron chi connectivity index (χ3n) is 8.15. The zero-order chi connectivity index (χ0) is 30.1. The van der Waals surface area contributed by atoms with Crippen molar-refractivity contribution in [3.63, 3.8) is 0 Å². The Labute approximate surface area is 249 Å². The van der Waals surface area contributed by atoms with Crippen molar-refractivity contribution in [3.05, 3.63) is 94.7 Å². The average molecular weight is 568 g/mol. The minimum absolute atomic E-state index is 0.0670. The zero-order valence-electron chi connectivity index (χ0n) is 25.1. The number of ether oxygens (including phenoxy) is 1. The number of rotatable bonds is 11. The van der Waals surface area contributed by atoms with Gasteiger partial charge in [-0.2, -0.15) is 0 Å². The van der Waals surface area contributed by atoms with Crippen LogP contribution in [-0.4, -0.2) is 49.4 Å². The molecule has 7 nitrogen and oxygen atoms in total. The molecule has 1 aliphatic rings. The van der Waals surface area contributed by atoms with Gasteiger partial charge in [0, 0.05) is 49.4 Å². The van der Waals surface area contributed by atoms with Crippen LogP contribution in [-0.2, 0) is 9.59 Å². The largest absolute Gasteiger partial charge is 0.497 e. The molecule has 0 bridgehead atoms. The molecule has 0 aliphatic carbocycles. The van der Waals surface area contributed by atoms with Crippen LogP contribution in [0, 0.1) is 13.8 Å². The van der Waals surface area contributed by atoms with E-state index in [1.807, 2.05) is 44.2 Å². The number of amides is 2. The number of nitrogens with zero attached hydrogens (tertiary/aromatic N) is 2. The van der Waals surface area contributed by atoms with Gasteiger partial charge >= 0.3 is 0 Å². The Morgan fingerprint density at radius 3 is 2.29 bits per heavy atom. The first-order valence-corrected chi connectivity index (χ1v) is 14.8. The van der Waals surface area contributed by atoms with Crippen LogP contribution < -0.4 is 15.0 Å². The van der Waals surface area contributed by atoms with Crippen LogP contribution >= 0.6 is 0 Å². The van der Waals surface area contributed by atoms with Gasteiger partial charge in [0.1, 0.15) is 17.4 Å². The van der Waals surface area contributed by atoms with Crippen LogP contribution in [0.25, 0.3) is 0 Å². The number of likely N-dealkylation sites (tertiary alicyclic amines) is 1. The average Bonchev–Trinajstić information content (AvgIpc) is 3.02. The lowest BCUT2D eigenvalue weighted by atomic mass is 9.85. The Balaban J connectivity index is 1.40. The number of hydrogen-bond acceptors (Lipinski definition) is 5. The lowest BCUT2D eigenvalue weighted by Gasteiger charge is -2.35. The zero-order valence-corrected chi connectivity index (χ0v) is 25.1. The Morgan fingerprint density at radius 1 is 0.976 bits per heavy atom. The van der Waals surface area contributed by atoms with Gasteiger partial charge in [0.15, 0.2) is 0 Å². The van der Waals surface area contributed by atoms with Gasteiger partial charge in [0.25, 0.3) is 5.91 Å². The summed E-state index contributed by atoms with van der Waals surface area (Å²) in [6.07, 6.45) is 3.48. The minimum atomic E-state index is -0.154. The highest BCUT2D eigenvalue weighted by Crippen LogP contribution is 2.36. The smallest absolute Gasteiger partial charge is 0.255 e. The van der Waals surface area contributed by atoms with E-state index in [1.54, 1.807) is 36.3 Å². The molecular formula is C35H41N3O4. The molecule has 3 aromatic carbocycles. The summed E-state index contributed by atoms with van der Waals surface area (Å²) in [5.41, 5.74) is 6.21. The molecule has 4 rings (SSSR count). The van der Waals surface area contributed by atoms with Crippen molar-refractivity contribution in [2.75, 3.05) is 37.0 Å². The standard InChI is InChI=1S/C35H41N3O4/c1-5-9-33(40)38(29-10-7-6-8-11-29)23-20-30(24-39)37-21-18-27(19-22-37)32-17-12-25(2)34(26(32)3)36-35(41)28-13-15-31(42-4)16-14-28/h6-8,10-17,27H,5,9,18-23H2,1-4H3,(H,36,41). The van der Waals surface area contributed by atoms with Gasteiger partial charge < -0.3 is 19.9 Å². The van der Waals surface area contributed by atoms with Crippen LogP contribution in [0.5, 0.6) is 5.75 Å². The van der Waals surface area contributed by atoms with Crippen molar-refractivity contribution in [3.8, 4) is 5.75 Å². The first-order chi connectivity index (χ1) is 20.4. The number of anilines is 2. The van der Waals surface area contributed by atoms with Gasteiger partial charge in [-0.05, 0) is 92.1 Å². The number of aryl methyl sites for hydroxylation is 1.